The van der Waals surface area contributed by atoms with Gasteiger partial charge in [0.15, 0.2) is 5.65 Å². The molecule has 1 fully saturated rings. The lowest BCUT2D eigenvalue weighted by molar-refractivity contribution is 0.0673. The SMILES string of the molecule is Cc1nn(C)c2ncc(NC(=O)c3ccccc3OCC3CCCO3)cc12. The van der Waals surface area contributed by atoms with E-state index in [-0.39, 0.29) is 12.0 Å². The van der Waals surface area contributed by atoms with Crippen LogP contribution in [-0.4, -0.2) is 40.0 Å². The van der Waals surface area contributed by atoms with Gasteiger partial charge in [-0.25, -0.2) is 4.98 Å². The molecule has 4 rings (SSSR count). The largest absolute Gasteiger partial charge is 0.490 e. The Morgan fingerprint density at radius 3 is 3.07 bits per heavy atom. The number of anilines is 1. The van der Waals surface area contributed by atoms with Gasteiger partial charge in [0.25, 0.3) is 5.91 Å². The van der Waals surface area contributed by atoms with Crippen molar-refractivity contribution in [3.8, 4) is 5.75 Å². The first-order valence-electron chi connectivity index (χ1n) is 9.06. The quantitative estimate of drug-likeness (QED) is 0.751. The second-order valence-corrected chi connectivity index (χ2v) is 6.70. The lowest BCUT2D eigenvalue weighted by Crippen LogP contribution is -2.19. The summed E-state index contributed by atoms with van der Waals surface area (Å²) in [4.78, 5) is 17.2. The van der Waals surface area contributed by atoms with Crippen molar-refractivity contribution in [2.45, 2.75) is 25.9 Å². The topological polar surface area (TPSA) is 78.3 Å². The van der Waals surface area contributed by atoms with Gasteiger partial charge >= 0.3 is 0 Å². The predicted molar refractivity (Wildman–Crippen MR) is 102 cm³/mol. The van der Waals surface area contributed by atoms with E-state index in [0.717, 1.165) is 36.2 Å². The molecule has 7 heteroatoms. The van der Waals surface area contributed by atoms with Crippen molar-refractivity contribution in [3.63, 3.8) is 0 Å². The van der Waals surface area contributed by atoms with Crippen LogP contribution in [0.15, 0.2) is 36.5 Å². The van der Waals surface area contributed by atoms with E-state index < -0.39 is 0 Å². The monoisotopic (exact) mass is 366 g/mol. The molecule has 3 heterocycles. The highest BCUT2D eigenvalue weighted by atomic mass is 16.5. The molecule has 1 aliphatic heterocycles. The number of para-hydroxylation sites is 1. The van der Waals surface area contributed by atoms with Crippen LogP contribution in [0.25, 0.3) is 11.0 Å². The Kier molecular flexibility index (Phi) is 4.77. The highest BCUT2D eigenvalue weighted by Crippen LogP contribution is 2.23. The molecule has 3 aromatic rings. The number of ether oxygens (including phenoxy) is 2. The zero-order valence-electron chi connectivity index (χ0n) is 15.4. The van der Waals surface area contributed by atoms with Crippen LogP contribution >= 0.6 is 0 Å². The number of carbonyl (C=O) groups excluding carboxylic acids is 1. The zero-order valence-corrected chi connectivity index (χ0v) is 15.4. The molecule has 1 amide bonds. The van der Waals surface area contributed by atoms with Gasteiger partial charge in [-0.05, 0) is 38.0 Å². The van der Waals surface area contributed by atoms with Crippen molar-refractivity contribution in [2.24, 2.45) is 7.05 Å². The van der Waals surface area contributed by atoms with Gasteiger partial charge in [-0.15, -0.1) is 0 Å². The van der Waals surface area contributed by atoms with E-state index in [1.54, 1.807) is 23.0 Å². The number of hydrogen-bond acceptors (Lipinski definition) is 5. The van der Waals surface area contributed by atoms with Gasteiger partial charge in [0, 0.05) is 19.0 Å². The van der Waals surface area contributed by atoms with Crippen LogP contribution in [0, 0.1) is 6.92 Å². The lowest BCUT2D eigenvalue weighted by atomic mass is 10.1. The summed E-state index contributed by atoms with van der Waals surface area (Å²) in [5.41, 5.74) is 2.76. The number of benzene rings is 1. The minimum absolute atomic E-state index is 0.0984. The molecule has 0 spiro atoms. The van der Waals surface area contributed by atoms with Gasteiger partial charge in [-0.3, -0.25) is 9.48 Å². The number of aryl methyl sites for hydroxylation is 2. The van der Waals surface area contributed by atoms with E-state index in [4.69, 9.17) is 9.47 Å². The number of carbonyl (C=O) groups is 1. The van der Waals surface area contributed by atoms with E-state index in [9.17, 15) is 4.79 Å². The first-order valence-corrected chi connectivity index (χ1v) is 9.06. The minimum Gasteiger partial charge on any atom is -0.490 e. The summed E-state index contributed by atoms with van der Waals surface area (Å²) in [5.74, 6) is 0.317. The third-order valence-electron chi connectivity index (χ3n) is 4.70. The van der Waals surface area contributed by atoms with Crippen LogP contribution in [0.4, 0.5) is 5.69 Å². The average molecular weight is 366 g/mol. The molecule has 1 atom stereocenters. The van der Waals surface area contributed by atoms with Gasteiger partial charge in [0.2, 0.25) is 0 Å². The summed E-state index contributed by atoms with van der Waals surface area (Å²) in [6.45, 7) is 3.15. The number of fused-ring (bicyclic) bond motifs is 1. The highest BCUT2D eigenvalue weighted by molar-refractivity contribution is 6.06. The van der Waals surface area contributed by atoms with Gasteiger partial charge in [-0.2, -0.15) is 5.10 Å². The Hall–Kier alpha value is -2.93. The highest BCUT2D eigenvalue weighted by Gasteiger charge is 2.18. The molecule has 0 saturated carbocycles. The summed E-state index contributed by atoms with van der Waals surface area (Å²) in [6, 6.07) is 9.12. The number of nitrogens with one attached hydrogen (secondary N) is 1. The Labute approximate surface area is 157 Å². The Balaban J connectivity index is 1.52. The molecular formula is C20H22N4O3. The molecule has 1 N–H and O–H groups in total. The molecule has 1 unspecified atom stereocenters. The Bertz CT molecular complexity index is 977. The fourth-order valence-corrected chi connectivity index (χ4v) is 3.31. The normalized spacial score (nSPS) is 16.6. The molecule has 1 aliphatic rings. The standard InChI is InChI=1S/C20H22N4O3/c1-13-17-10-14(11-21-19(17)24(2)23-13)22-20(25)16-7-3-4-8-18(16)27-12-15-6-5-9-26-15/h3-4,7-8,10-11,15H,5-6,9,12H2,1-2H3,(H,22,25). The minimum atomic E-state index is -0.236. The summed E-state index contributed by atoms with van der Waals surface area (Å²) < 4.78 is 13.2. The van der Waals surface area contributed by atoms with Crippen molar-refractivity contribution in [1.82, 2.24) is 14.8 Å². The maximum atomic E-state index is 12.8. The average Bonchev–Trinajstić information content (AvgIpc) is 3.29. The molecule has 0 bridgehead atoms. The predicted octanol–water partition coefficient (Wildman–Crippen LogP) is 3.09. The van der Waals surface area contributed by atoms with Crippen molar-refractivity contribution >= 4 is 22.6 Å². The Morgan fingerprint density at radius 1 is 1.41 bits per heavy atom. The third kappa shape index (κ3) is 3.64. The fraction of sp³-hybridized carbons (Fsp3) is 0.350. The van der Waals surface area contributed by atoms with Gasteiger partial charge in [0.1, 0.15) is 12.4 Å². The van der Waals surface area contributed by atoms with Crippen LogP contribution < -0.4 is 10.1 Å². The van der Waals surface area contributed by atoms with E-state index in [0.29, 0.717) is 23.6 Å². The first-order chi connectivity index (χ1) is 13.1. The van der Waals surface area contributed by atoms with Crippen LogP contribution in [0.5, 0.6) is 5.75 Å². The number of nitrogens with zero attached hydrogens (tertiary/aromatic N) is 3. The van der Waals surface area contributed by atoms with Crippen molar-refractivity contribution < 1.29 is 14.3 Å². The van der Waals surface area contributed by atoms with Gasteiger partial charge < -0.3 is 14.8 Å². The van der Waals surface area contributed by atoms with Crippen molar-refractivity contribution in [2.75, 3.05) is 18.5 Å². The second-order valence-electron chi connectivity index (χ2n) is 6.70. The molecule has 1 saturated heterocycles. The molecule has 7 nitrogen and oxygen atoms in total. The molecule has 0 aliphatic carbocycles. The van der Waals surface area contributed by atoms with Crippen LogP contribution in [0.1, 0.15) is 28.9 Å². The fourth-order valence-electron chi connectivity index (χ4n) is 3.31. The van der Waals surface area contributed by atoms with E-state index in [1.165, 1.54) is 0 Å². The van der Waals surface area contributed by atoms with Crippen LogP contribution in [-0.2, 0) is 11.8 Å². The number of aromatic nitrogens is 3. The lowest BCUT2D eigenvalue weighted by Gasteiger charge is -2.14. The van der Waals surface area contributed by atoms with Crippen molar-refractivity contribution in [3.05, 3.63) is 47.8 Å². The second kappa shape index (κ2) is 7.36. The summed E-state index contributed by atoms with van der Waals surface area (Å²) in [6.07, 6.45) is 3.78. The molecule has 140 valence electrons. The van der Waals surface area contributed by atoms with Crippen LogP contribution in [0.2, 0.25) is 0 Å². The summed E-state index contributed by atoms with van der Waals surface area (Å²) >= 11 is 0. The summed E-state index contributed by atoms with van der Waals surface area (Å²) in [5, 5.41) is 8.17. The Morgan fingerprint density at radius 2 is 2.26 bits per heavy atom. The van der Waals surface area contributed by atoms with E-state index in [1.807, 2.05) is 32.2 Å². The molecule has 2 aromatic heterocycles. The molecule has 1 aromatic carbocycles. The maximum Gasteiger partial charge on any atom is 0.259 e. The molecular weight excluding hydrogens is 344 g/mol. The number of rotatable bonds is 5. The van der Waals surface area contributed by atoms with Crippen molar-refractivity contribution in [1.29, 1.82) is 0 Å². The number of pyridine rings is 1. The maximum absolute atomic E-state index is 12.8. The third-order valence-corrected chi connectivity index (χ3v) is 4.70. The van der Waals surface area contributed by atoms with Gasteiger partial charge in [0.05, 0.1) is 29.2 Å². The number of amides is 1. The van der Waals surface area contributed by atoms with Gasteiger partial charge in [-0.1, -0.05) is 12.1 Å². The smallest absolute Gasteiger partial charge is 0.259 e. The molecule has 27 heavy (non-hydrogen) atoms. The van der Waals surface area contributed by atoms with Crippen LogP contribution in [0.3, 0.4) is 0 Å². The first kappa shape index (κ1) is 17.5. The summed E-state index contributed by atoms with van der Waals surface area (Å²) in [7, 11) is 1.85. The van der Waals surface area contributed by atoms with E-state index in [2.05, 4.69) is 15.4 Å². The van der Waals surface area contributed by atoms with E-state index >= 15 is 0 Å². The molecule has 0 radical (unpaired) electrons. The number of hydrogen-bond donors (Lipinski definition) is 1. The zero-order chi connectivity index (χ0) is 18.8.